The monoisotopic (exact) mass is 1530 g/mol. The molecule has 0 aromatic rings. The molecule has 0 aliphatic rings. The second kappa shape index (κ2) is 78.1. The highest BCUT2D eigenvalue weighted by atomic mass is 31.2. The number of unbranched alkanes of at least 4 members (excludes halogenated alkanes) is 26. The summed E-state index contributed by atoms with van der Waals surface area (Å²) in [5, 5.41) is 10.6. The first kappa shape index (κ1) is 101. The normalized spacial score (nSPS) is 14.6. The zero-order valence-electron chi connectivity index (χ0n) is 66.3. The molecule has 0 spiro atoms. The molecule has 0 aliphatic carbocycles. The van der Waals surface area contributed by atoms with Crippen LogP contribution >= 0.6 is 15.6 Å². The van der Waals surface area contributed by atoms with Crippen LogP contribution in [-0.4, -0.2) is 96.7 Å². The van der Waals surface area contributed by atoms with Crippen molar-refractivity contribution in [1.29, 1.82) is 0 Å². The van der Waals surface area contributed by atoms with Crippen molar-refractivity contribution in [3.63, 3.8) is 0 Å². The fraction of sp³-hybridized carbons (Fsp3) is 0.678. The average molecular weight is 1530 g/mol. The zero-order chi connectivity index (χ0) is 77.4. The van der Waals surface area contributed by atoms with Crippen LogP contribution in [0.1, 0.15) is 323 Å². The third-order valence-electron chi connectivity index (χ3n) is 16.8. The summed E-state index contributed by atoms with van der Waals surface area (Å²) in [5.74, 6) is -2.38. The minimum atomic E-state index is -5.01. The van der Waals surface area contributed by atoms with Gasteiger partial charge in [-0.3, -0.25) is 37.3 Å². The van der Waals surface area contributed by atoms with Gasteiger partial charge >= 0.3 is 39.5 Å². The van der Waals surface area contributed by atoms with E-state index in [0.717, 1.165) is 122 Å². The number of allylic oxidation sites excluding steroid dienone is 24. The number of hydrogen-bond acceptors (Lipinski definition) is 15. The maximum Gasteiger partial charge on any atom is 0.472 e. The van der Waals surface area contributed by atoms with Crippen molar-refractivity contribution in [1.82, 2.24) is 0 Å². The van der Waals surface area contributed by atoms with E-state index in [9.17, 15) is 43.2 Å². The van der Waals surface area contributed by atoms with Gasteiger partial charge in [-0.05, 0) is 135 Å². The van der Waals surface area contributed by atoms with E-state index in [0.29, 0.717) is 38.5 Å². The van der Waals surface area contributed by atoms with E-state index in [1.807, 2.05) is 24.3 Å². The lowest BCUT2D eigenvalue weighted by Crippen LogP contribution is -2.30. The van der Waals surface area contributed by atoms with Crippen molar-refractivity contribution in [3.8, 4) is 0 Å². The number of carbonyl (C=O) groups excluding carboxylic acids is 4. The average Bonchev–Trinajstić information content (AvgIpc) is 0.933. The third kappa shape index (κ3) is 77.1. The van der Waals surface area contributed by atoms with E-state index in [1.165, 1.54) is 109 Å². The molecule has 19 heteroatoms. The Kier molecular flexibility index (Phi) is 74.3. The zero-order valence-corrected chi connectivity index (χ0v) is 68.1. The number of phosphoric acid groups is 2. The van der Waals surface area contributed by atoms with Crippen LogP contribution < -0.4 is 0 Å². The van der Waals surface area contributed by atoms with Crippen molar-refractivity contribution in [2.75, 3.05) is 39.6 Å². The Morgan fingerprint density at radius 1 is 0.264 bits per heavy atom. The second-order valence-electron chi connectivity index (χ2n) is 27.0. The second-order valence-corrected chi connectivity index (χ2v) is 29.9. The SMILES string of the molecule is CCCCC/C=C\C/C=C\C/C=C\C/C=C\C/C=C\CCC(=O)OC[C@H](COP(=O)(O)OC[C@@H](O)COP(=O)(O)OC[C@@H](COC(=O)CC/C=C\C/C=C\C/C=C\C/C=C\C/C=C\CCCCC)OC(=O)CCCCCCCCCCCCCCC)OC(=O)CCCCCCC/C=C\C/C=C\CCCCC. The molecule has 5 atom stereocenters. The minimum Gasteiger partial charge on any atom is -0.462 e. The van der Waals surface area contributed by atoms with E-state index < -0.39 is 97.5 Å². The third-order valence-corrected chi connectivity index (χ3v) is 18.7. The highest BCUT2D eigenvalue weighted by Crippen LogP contribution is 2.45. The fourth-order valence-corrected chi connectivity index (χ4v) is 12.1. The Labute approximate surface area is 643 Å². The molecule has 0 fully saturated rings. The van der Waals surface area contributed by atoms with Gasteiger partial charge in [0, 0.05) is 25.7 Å². The molecular formula is C87H146O17P2. The number of aliphatic hydroxyl groups excluding tert-OH is 1. The first-order valence-corrected chi connectivity index (χ1v) is 44.1. The van der Waals surface area contributed by atoms with Crippen molar-refractivity contribution in [2.24, 2.45) is 0 Å². The lowest BCUT2D eigenvalue weighted by molar-refractivity contribution is -0.161. The molecule has 0 heterocycles. The molecule has 17 nitrogen and oxygen atoms in total. The van der Waals surface area contributed by atoms with E-state index in [-0.39, 0.29) is 25.7 Å². The topological polar surface area (TPSA) is 237 Å². The Hall–Kier alpha value is -5.06. The molecular weight excluding hydrogens is 1380 g/mol. The predicted molar refractivity (Wildman–Crippen MR) is 436 cm³/mol. The Balaban J connectivity index is 5.48. The minimum absolute atomic E-state index is 0.0303. The highest BCUT2D eigenvalue weighted by Gasteiger charge is 2.30. The van der Waals surface area contributed by atoms with Crippen molar-refractivity contribution < 1.29 is 80.2 Å². The molecule has 0 bridgehead atoms. The first-order valence-electron chi connectivity index (χ1n) is 41.1. The van der Waals surface area contributed by atoms with Crippen molar-refractivity contribution in [3.05, 3.63) is 146 Å². The number of carbonyl (C=O) groups is 4. The van der Waals surface area contributed by atoms with Crippen LogP contribution in [0, 0.1) is 0 Å². The molecule has 3 N–H and O–H groups in total. The van der Waals surface area contributed by atoms with Gasteiger partial charge in [-0.1, -0.05) is 308 Å². The number of hydrogen-bond donors (Lipinski definition) is 3. The summed E-state index contributed by atoms with van der Waals surface area (Å²) in [6, 6.07) is 0. The standard InChI is InChI=1S/C87H146O17P2/c1-5-9-13-17-21-25-29-33-36-38-40-42-45-48-51-55-59-63-67-71-84(89)97-77-82(103-86(91)73-69-65-61-57-53-47-32-28-24-20-16-12-8-4)79-101-105(93,94)99-75-81(88)76-100-106(95,96)102-80-83(104-87(92)74-70-66-62-58-54-50-44-35-31-27-23-19-15-11-7-3)78-98-85(90)72-68-64-60-56-52-49-46-43-41-39-37-34-30-26-22-18-14-10-6-2/h21-23,25-27,33-37,40-44,48-49,51-52,59-60,63-64,81-83,88H,5-20,24,28-32,38-39,45-47,50,53-58,61-62,65-80H2,1-4H3,(H,93,94)(H,95,96)/b25-21-,26-22-,27-23-,36-33-,37-34-,42-40-,43-41-,44-35-,51-48-,52-49-,63-59-,64-60-/t81-,82+,83+/m0/s1. The quantitative estimate of drug-likeness (QED) is 0.0169. The molecule has 0 aromatic heterocycles. The summed E-state index contributed by atoms with van der Waals surface area (Å²) in [6.45, 7) is 4.62. The molecule has 0 aromatic carbocycles. The molecule has 0 radical (unpaired) electrons. The van der Waals surface area contributed by atoms with E-state index in [1.54, 1.807) is 0 Å². The molecule has 0 aliphatic heterocycles. The fourth-order valence-electron chi connectivity index (χ4n) is 10.5. The van der Waals surface area contributed by atoms with Crippen LogP contribution in [-0.2, 0) is 65.4 Å². The molecule has 0 saturated heterocycles. The highest BCUT2D eigenvalue weighted by molar-refractivity contribution is 7.47. The van der Waals surface area contributed by atoms with Crippen LogP contribution in [0.3, 0.4) is 0 Å². The molecule has 2 unspecified atom stereocenters. The maximum atomic E-state index is 13.1. The van der Waals surface area contributed by atoms with Crippen LogP contribution in [0.25, 0.3) is 0 Å². The molecule has 0 rings (SSSR count). The molecule has 106 heavy (non-hydrogen) atoms. The van der Waals surface area contributed by atoms with Gasteiger partial charge < -0.3 is 33.8 Å². The van der Waals surface area contributed by atoms with Gasteiger partial charge in [-0.25, -0.2) is 9.13 Å². The van der Waals surface area contributed by atoms with Gasteiger partial charge in [0.25, 0.3) is 0 Å². The van der Waals surface area contributed by atoms with Crippen molar-refractivity contribution in [2.45, 2.75) is 341 Å². The summed E-state index contributed by atoms with van der Waals surface area (Å²) in [5.41, 5.74) is 0. The number of rotatable bonds is 76. The Bertz CT molecular complexity index is 2580. The number of esters is 4. The van der Waals surface area contributed by atoms with Crippen LogP contribution in [0.2, 0.25) is 0 Å². The largest absolute Gasteiger partial charge is 0.472 e. The summed E-state index contributed by atoms with van der Waals surface area (Å²) >= 11 is 0. The van der Waals surface area contributed by atoms with E-state index in [2.05, 4.69) is 149 Å². The van der Waals surface area contributed by atoms with Gasteiger partial charge in [0.05, 0.1) is 26.4 Å². The number of ether oxygens (including phenoxy) is 4. The van der Waals surface area contributed by atoms with E-state index in [4.69, 9.17) is 37.0 Å². The van der Waals surface area contributed by atoms with Crippen LogP contribution in [0.4, 0.5) is 0 Å². The summed E-state index contributed by atoms with van der Waals surface area (Å²) in [6.07, 6.45) is 89.9. The van der Waals surface area contributed by atoms with Gasteiger partial charge in [0.15, 0.2) is 12.2 Å². The summed E-state index contributed by atoms with van der Waals surface area (Å²) in [7, 11) is -10.0. The van der Waals surface area contributed by atoms with Crippen LogP contribution in [0.5, 0.6) is 0 Å². The lowest BCUT2D eigenvalue weighted by Gasteiger charge is -2.21. The number of aliphatic hydroxyl groups is 1. The molecule has 0 saturated carbocycles. The van der Waals surface area contributed by atoms with Gasteiger partial charge in [0.2, 0.25) is 0 Å². The Morgan fingerprint density at radius 3 is 0.764 bits per heavy atom. The first-order chi connectivity index (χ1) is 51.7. The molecule has 0 amide bonds. The summed E-state index contributed by atoms with van der Waals surface area (Å²) in [4.78, 5) is 73.0. The smallest absolute Gasteiger partial charge is 0.462 e. The summed E-state index contributed by atoms with van der Waals surface area (Å²) < 4.78 is 68.5. The lowest BCUT2D eigenvalue weighted by atomic mass is 10.0. The van der Waals surface area contributed by atoms with Crippen molar-refractivity contribution >= 4 is 39.5 Å². The number of phosphoric ester groups is 2. The molecule has 606 valence electrons. The van der Waals surface area contributed by atoms with Gasteiger partial charge in [-0.15, -0.1) is 0 Å². The van der Waals surface area contributed by atoms with Crippen LogP contribution in [0.15, 0.2) is 146 Å². The van der Waals surface area contributed by atoms with E-state index >= 15 is 0 Å². The maximum absolute atomic E-state index is 13.1. The predicted octanol–water partition coefficient (Wildman–Crippen LogP) is 24.2. The van der Waals surface area contributed by atoms with Gasteiger partial charge in [-0.2, -0.15) is 0 Å². The van der Waals surface area contributed by atoms with Gasteiger partial charge in [0.1, 0.15) is 19.3 Å². The Morgan fingerprint density at radius 2 is 0.481 bits per heavy atom.